The maximum absolute atomic E-state index is 12.6. The molecule has 174 valence electrons. The minimum absolute atomic E-state index is 0.0713. The summed E-state index contributed by atoms with van der Waals surface area (Å²) in [6, 6.07) is 15.3. The summed E-state index contributed by atoms with van der Waals surface area (Å²) in [5, 5.41) is 5.99. The number of rotatable bonds is 7. The molecule has 33 heavy (non-hydrogen) atoms. The zero-order valence-electron chi connectivity index (χ0n) is 18.1. The number of benzene rings is 3. The number of sulfonamides is 1. The fourth-order valence-corrected chi connectivity index (χ4v) is 4.66. The highest BCUT2D eigenvalue weighted by molar-refractivity contribution is 7.92. The van der Waals surface area contributed by atoms with Gasteiger partial charge in [0, 0.05) is 11.4 Å². The number of carbonyl (C=O) groups excluding carboxylic acids is 1. The molecule has 3 N–H and O–H groups in total. The third kappa shape index (κ3) is 6.10. The number of ether oxygens (including phenoxy) is 1. The number of methoxy groups -OCH3 is 1. The fraction of sp³-hybridized carbons (Fsp3) is 0.174. The van der Waals surface area contributed by atoms with Gasteiger partial charge in [0.05, 0.1) is 23.1 Å². The number of aryl methyl sites for hydroxylation is 1. The quantitative estimate of drug-likeness (QED) is 0.365. The standard InChI is InChI=1S/C23H23Cl2N3O4S/c1-14-4-6-17(7-5-14)28-33(30,31)18-10-8-16(9-11-18)27-23(29)26-15(2)19-12-13-20(32-3)22(25)21(19)24/h4-13,15,28H,1-3H3,(H2,26,27,29). The molecule has 0 fully saturated rings. The van der Waals surface area contributed by atoms with E-state index in [1.807, 2.05) is 19.1 Å². The lowest BCUT2D eigenvalue weighted by Crippen LogP contribution is -2.31. The molecule has 1 unspecified atom stereocenters. The first kappa shape index (κ1) is 24.7. The average molecular weight is 508 g/mol. The summed E-state index contributed by atoms with van der Waals surface area (Å²) >= 11 is 12.5. The second-order valence-corrected chi connectivity index (χ2v) is 9.74. The molecule has 3 aromatic rings. The van der Waals surface area contributed by atoms with E-state index in [2.05, 4.69) is 15.4 Å². The Morgan fingerprint density at radius 3 is 2.12 bits per heavy atom. The Kier molecular flexibility index (Phi) is 7.73. The molecule has 0 radical (unpaired) electrons. The van der Waals surface area contributed by atoms with Crippen molar-refractivity contribution in [3.05, 3.63) is 81.8 Å². The van der Waals surface area contributed by atoms with E-state index in [0.717, 1.165) is 5.56 Å². The first-order valence-corrected chi connectivity index (χ1v) is 12.1. The Bertz CT molecular complexity index is 1250. The van der Waals surface area contributed by atoms with E-state index in [1.165, 1.54) is 31.4 Å². The number of amides is 2. The Labute approximate surface area is 203 Å². The lowest BCUT2D eigenvalue weighted by atomic mass is 10.1. The maximum atomic E-state index is 12.6. The molecule has 3 aromatic carbocycles. The van der Waals surface area contributed by atoms with Gasteiger partial charge in [-0.3, -0.25) is 4.72 Å². The van der Waals surface area contributed by atoms with Crippen LogP contribution in [0.2, 0.25) is 10.0 Å². The lowest BCUT2D eigenvalue weighted by molar-refractivity contribution is 0.249. The van der Waals surface area contributed by atoms with Gasteiger partial charge in [-0.05, 0) is 61.9 Å². The third-order valence-electron chi connectivity index (χ3n) is 4.84. The molecule has 0 aliphatic rings. The van der Waals surface area contributed by atoms with Gasteiger partial charge >= 0.3 is 6.03 Å². The Morgan fingerprint density at radius 1 is 0.909 bits per heavy atom. The zero-order valence-corrected chi connectivity index (χ0v) is 20.5. The number of carbonyl (C=O) groups is 1. The predicted molar refractivity (Wildman–Crippen MR) is 132 cm³/mol. The van der Waals surface area contributed by atoms with E-state index in [0.29, 0.717) is 27.7 Å². The van der Waals surface area contributed by atoms with Crippen LogP contribution in [0.5, 0.6) is 5.75 Å². The van der Waals surface area contributed by atoms with Crippen molar-refractivity contribution in [2.75, 3.05) is 17.1 Å². The van der Waals surface area contributed by atoms with Crippen LogP contribution in [-0.2, 0) is 10.0 Å². The molecular formula is C23H23Cl2N3O4S. The Hall–Kier alpha value is -2.94. The van der Waals surface area contributed by atoms with Gasteiger partial charge in [0.25, 0.3) is 10.0 Å². The summed E-state index contributed by atoms with van der Waals surface area (Å²) < 4.78 is 32.8. The first-order chi connectivity index (χ1) is 15.6. The highest BCUT2D eigenvalue weighted by atomic mass is 35.5. The van der Waals surface area contributed by atoms with Crippen molar-refractivity contribution < 1.29 is 17.9 Å². The van der Waals surface area contributed by atoms with Crippen LogP contribution < -0.4 is 20.1 Å². The van der Waals surface area contributed by atoms with Crippen LogP contribution in [0.1, 0.15) is 24.1 Å². The van der Waals surface area contributed by atoms with Crippen LogP contribution in [0.15, 0.2) is 65.6 Å². The summed E-state index contributed by atoms with van der Waals surface area (Å²) in [6.45, 7) is 3.68. The van der Waals surface area contributed by atoms with Gasteiger partial charge in [-0.15, -0.1) is 0 Å². The molecule has 0 aromatic heterocycles. The van der Waals surface area contributed by atoms with Crippen LogP contribution in [-0.4, -0.2) is 21.6 Å². The zero-order chi connectivity index (χ0) is 24.2. The van der Waals surface area contributed by atoms with Crippen molar-refractivity contribution in [3.8, 4) is 5.75 Å². The highest BCUT2D eigenvalue weighted by Gasteiger charge is 2.18. The molecule has 0 aliphatic heterocycles. The van der Waals surface area contributed by atoms with E-state index in [9.17, 15) is 13.2 Å². The minimum atomic E-state index is -3.76. The van der Waals surface area contributed by atoms with Gasteiger partial charge in [-0.1, -0.05) is 47.0 Å². The summed E-state index contributed by atoms with van der Waals surface area (Å²) in [4.78, 5) is 12.5. The number of hydrogen-bond donors (Lipinski definition) is 3. The highest BCUT2D eigenvalue weighted by Crippen LogP contribution is 2.37. The summed E-state index contributed by atoms with van der Waals surface area (Å²) in [7, 11) is -2.27. The molecule has 10 heteroatoms. The van der Waals surface area contributed by atoms with Crippen molar-refractivity contribution in [2.45, 2.75) is 24.8 Å². The summed E-state index contributed by atoms with van der Waals surface area (Å²) in [6.07, 6.45) is 0. The maximum Gasteiger partial charge on any atom is 0.319 e. The average Bonchev–Trinajstić information content (AvgIpc) is 2.77. The monoisotopic (exact) mass is 507 g/mol. The largest absolute Gasteiger partial charge is 0.495 e. The van der Waals surface area contributed by atoms with E-state index < -0.39 is 22.1 Å². The topological polar surface area (TPSA) is 96.5 Å². The van der Waals surface area contributed by atoms with Crippen molar-refractivity contribution >= 4 is 50.6 Å². The van der Waals surface area contributed by atoms with Crippen molar-refractivity contribution in [3.63, 3.8) is 0 Å². The van der Waals surface area contributed by atoms with Crippen molar-refractivity contribution in [1.82, 2.24) is 5.32 Å². The molecule has 3 rings (SSSR count). The van der Waals surface area contributed by atoms with Gasteiger partial charge in [-0.25, -0.2) is 13.2 Å². The summed E-state index contributed by atoms with van der Waals surface area (Å²) in [5.41, 5.74) is 2.54. The van der Waals surface area contributed by atoms with Crippen LogP contribution in [0.4, 0.5) is 16.2 Å². The lowest BCUT2D eigenvalue weighted by Gasteiger charge is -2.18. The summed E-state index contributed by atoms with van der Waals surface area (Å²) in [5.74, 6) is 0.439. The van der Waals surface area contributed by atoms with E-state index in [1.54, 1.807) is 31.2 Å². The van der Waals surface area contributed by atoms with Gasteiger partial charge in [-0.2, -0.15) is 0 Å². The van der Waals surface area contributed by atoms with Gasteiger partial charge in [0.2, 0.25) is 0 Å². The van der Waals surface area contributed by atoms with Crippen molar-refractivity contribution in [1.29, 1.82) is 0 Å². The molecule has 0 bridgehead atoms. The molecule has 0 aliphatic carbocycles. The second-order valence-electron chi connectivity index (χ2n) is 7.30. The smallest absolute Gasteiger partial charge is 0.319 e. The Balaban J connectivity index is 1.64. The fourth-order valence-electron chi connectivity index (χ4n) is 3.03. The normalized spacial score (nSPS) is 12.0. The van der Waals surface area contributed by atoms with Crippen LogP contribution in [0, 0.1) is 6.92 Å². The number of nitrogens with one attached hydrogen (secondary N) is 3. The molecule has 1 atom stereocenters. The second kappa shape index (κ2) is 10.3. The molecule has 0 heterocycles. The van der Waals surface area contributed by atoms with Gasteiger partial charge in [0.1, 0.15) is 10.8 Å². The van der Waals surface area contributed by atoms with E-state index >= 15 is 0 Å². The third-order valence-corrected chi connectivity index (χ3v) is 7.11. The van der Waals surface area contributed by atoms with Gasteiger partial charge < -0.3 is 15.4 Å². The first-order valence-electron chi connectivity index (χ1n) is 9.89. The molecule has 2 amide bonds. The van der Waals surface area contributed by atoms with Crippen molar-refractivity contribution in [2.24, 2.45) is 0 Å². The molecule has 0 spiro atoms. The molecule has 0 saturated heterocycles. The number of urea groups is 1. The van der Waals surface area contributed by atoms with Crippen LogP contribution in [0.25, 0.3) is 0 Å². The van der Waals surface area contributed by atoms with E-state index in [-0.39, 0.29) is 9.92 Å². The molecule has 0 saturated carbocycles. The SMILES string of the molecule is COc1ccc(C(C)NC(=O)Nc2ccc(S(=O)(=O)Nc3ccc(C)cc3)cc2)c(Cl)c1Cl. The number of halogens is 2. The molecule has 7 nitrogen and oxygen atoms in total. The predicted octanol–water partition coefficient (Wildman–Crippen LogP) is 5.99. The minimum Gasteiger partial charge on any atom is -0.495 e. The van der Waals surface area contributed by atoms with Crippen LogP contribution >= 0.6 is 23.2 Å². The van der Waals surface area contributed by atoms with Gasteiger partial charge in [0.15, 0.2) is 0 Å². The number of anilines is 2. The molecular weight excluding hydrogens is 485 g/mol. The van der Waals surface area contributed by atoms with E-state index in [4.69, 9.17) is 27.9 Å². The van der Waals surface area contributed by atoms with Crippen LogP contribution in [0.3, 0.4) is 0 Å². The Morgan fingerprint density at radius 2 is 1.52 bits per heavy atom. The number of hydrogen-bond acceptors (Lipinski definition) is 4.